The zero-order valence-corrected chi connectivity index (χ0v) is 14.0. The molecule has 0 saturated carbocycles. The second kappa shape index (κ2) is 6.64. The summed E-state index contributed by atoms with van der Waals surface area (Å²) in [6, 6.07) is -0.188. The van der Waals surface area contributed by atoms with Gasteiger partial charge >= 0.3 is 12.0 Å². The van der Waals surface area contributed by atoms with Crippen LogP contribution in [0.15, 0.2) is 0 Å². The summed E-state index contributed by atoms with van der Waals surface area (Å²) in [6.07, 6.45) is -0.0598. The lowest BCUT2D eigenvalue weighted by atomic mass is 9.85. The van der Waals surface area contributed by atoms with E-state index in [2.05, 4.69) is 17.1 Å². The van der Waals surface area contributed by atoms with Gasteiger partial charge in [0.25, 0.3) is 0 Å². The predicted octanol–water partition coefficient (Wildman–Crippen LogP) is 1.47. The standard InChI is InChI=1S/C15H29N3O3/c1-10-8-18(9-11(10)17(5)6)14(21)16-12(7-13(19)20)15(2,3)4/h10-12H,7-9H2,1-6H3,(H,16,21)(H,19,20). The molecule has 2 amide bonds. The van der Waals surface area contributed by atoms with E-state index < -0.39 is 5.97 Å². The van der Waals surface area contributed by atoms with E-state index >= 15 is 0 Å². The molecule has 1 aliphatic rings. The van der Waals surface area contributed by atoms with Gasteiger partial charge in [-0.2, -0.15) is 0 Å². The number of hydrogen-bond acceptors (Lipinski definition) is 3. The molecule has 1 aliphatic heterocycles. The molecule has 2 N–H and O–H groups in total. The second-order valence-electron chi connectivity index (χ2n) is 7.38. The third-order valence-electron chi connectivity index (χ3n) is 4.25. The molecular formula is C15H29N3O3. The maximum absolute atomic E-state index is 12.4. The minimum Gasteiger partial charge on any atom is -0.481 e. The van der Waals surface area contributed by atoms with Crippen molar-refractivity contribution in [1.82, 2.24) is 15.1 Å². The van der Waals surface area contributed by atoms with Crippen LogP contribution >= 0.6 is 0 Å². The molecule has 1 heterocycles. The third-order valence-corrected chi connectivity index (χ3v) is 4.25. The summed E-state index contributed by atoms with van der Waals surface area (Å²) in [4.78, 5) is 27.3. The van der Waals surface area contributed by atoms with Gasteiger partial charge in [-0.05, 0) is 25.4 Å². The number of nitrogens with one attached hydrogen (secondary N) is 1. The van der Waals surface area contributed by atoms with E-state index in [0.29, 0.717) is 25.0 Å². The molecule has 6 nitrogen and oxygen atoms in total. The summed E-state index contributed by atoms with van der Waals surface area (Å²) >= 11 is 0. The lowest BCUT2D eigenvalue weighted by Crippen LogP contribution is -2.50. The van der Waals surface area contributed by atoms with Crippen molar-refractivity contribution >= 4 is 12.0 Å². The summed E-state index contributed by atoms with van der Waals surface area (Å²) in [7, 11) is 4.04. The number of carbonyl (C=O) groups excluding carboxylic acids is 1. The van der Waals surface area contributed by atoms with E-state index in [9.17, 15) is 9.59 Å². The number of nitrogens with zero attached hydrogens (tertiary/aromatic N) is 2. The number of carbonyl (C=O) groups is 2. The number of aliphatic carboxylic acids is 1. The highest BCUT2D eigenvalue weighted by molar-refractivity contribution is 5.76. The molecule has 3 unspecified atom stereocenters. The molecule has 0 aliphatic carbocycles. The second-order valence-corrected chi connectivity index (χ2v) is 7.38. The van der Waals surface area contributed by atoms with Gasteiger partial charge in [0.2, 0.25) is 0 Å². The normalized spacial score (nSPS) is 24.2. The largest absolute Gasteiger partial charge is 0.481 e. The number of amides is 2. The SMILES string of the molecule is CC1CN(C(=O)NC(CC(=O)O)C(C)(C)C)CC1N(C)C. The fourth-order valence-electron chi connectivity index (χ4n) is 2.78. The van der Waals surface area contributed by atoms with Crippen molar-refractivity contribution < 1.29 is 14.7 Å². The van der Waals surface area contributed by atoms with Crippen LogP contribution in [0.2, 0.25) is 0 Å². The van der Waals surface area contributed by atoms with Crippen molar-refractivity contribution in [3.05, 3.63) is 0 Å². The lowest BCUT2D eigenvalue weighted by Gasteiger charge is -2.32. The molecule has 1 fully saturated rings. The average Bonchev–Trinajstić information content (AvgIpc) is 2.68. The first kappa shape index (κ1) is 17.8. The van der Waals surface area contributed by atoms with Gasteiger partial charge in [-0.15, -0.1) is 0 Å². The zero-order valence-electron chi connectivity index (χ0n) is 14.0. The molecule has 0 aromatic heterocycles. The summed E-state index contributed by atoms with van der Waals surface area (Å²) in [6.45, 7) is 9.35. The van der Waals surface area contributed by atoms with Crippen LogP contribution in [-0.4, -0.2) is 66.2 Å². The van der Waals surface area contributed by atoms with Crippen molar-refractivity contribution in [1.29, 1.82) is 0 Å². The quantitative estimate of drug-likeness (QED) is 0.824. The molecule has 0 aromatic carbocycles. The Morgan fingerprint density at radius 3 is 2.29 bits per heavy atom. The lowest BCUT2D eigenvalue weighted by molar-refractivity contribution is -0.138. The number of hydrogen-bond donors (Lipinski definition) is 2. The Bertz CT molecular complexity index is 390. The summed E-state index contributed by atoms with van der Waals surface area (Å²) in [5.74, 6) is -0.477. The number of likely N-dealkylation sites (N-methyl/N-ethyl adjacent to an activating group) is 1. The molecule has 1 rings (SSSR count). The van der Waals surface area contributed by atoms with Crippen LogP contribution in [0.3, 0.4) is 0 Å². The maximum atomic E-state index is 12.4. The van der Waals surface area contributed by atoms with E-state index in [4.69, 9.17) is 5.11 Å². The fourth-order valence-corrected chi connectivity index (χ4v) is 2.78. The van der Waals surface area contributed by atoms with Gasteiger partial charge in [-0.3, -0.25) is 4.79 Å². The topological polar surface area (TPSA) is 72.9 Å². The molecule has 6 heteroatoms. The van der Waals surface area contributed by atoms with Crippen LogP contribution in [0.25, 0.3) is 0 Å². The van der Waals surface area contributed by atoms with Crippen LogP contribution in [0, 0.1) is 11.3 Å². The molecule has 122 valence electrons. The average molecular weight is 299 g/mol. The maximum Gasteiger partial charge on any atom is 0.317 e. The van der Waals surface area contributed by atoms with Crippen molar-refractivity contribution in [2.45, 2.75) is 46.2 Å². The van der Waals surface area contributed by atoms with Crippen LogP contribution in [0.1, 0.15) is 34.1 Å². The first-order valence-electron chi connectivity index (χ1n) is 7.46. The van der Waals surface area contributed by atoms with E-state index in [1.807, 2.05) is 34.9 Å². The van der Waals surface area contributed by atoms with Crippen LogP contribution in [0.4, 0.5) is 4.79 Å². The molecule has 0 spiro atoms. The highest BCUT2D eigenvalue weighted by Gasteiger charge is 2.36. The van der Waals surface area contributed by atoms with Crippen molar-refractivity contribution in [3.8, 4) is 0 Å². The highest BCUT2D eigenvalue weighted by atomic mass is 16.4. The Balaban J connectivity index is 2.69. The van der Waals surface area contributed by atoms with Crippen molar-refractivity contribution in [2.75, 3.05) is 27.2 Å². The molecule has 0 bridgehead atoms. The van der Waals surface area contributed by atoms with E-state index in [1.165, 1.54) is 0 Å². The third kappa shape index (κ3) is 4.88. The number of likely N-dealkylation sites (tertiary alicyclic amines) is 1. The van der Waals surface area contributed by atoms with E-state index in [-0.39, 0.29) is 23.9 Å². The van der Waals surface area contributed by atoms with Gasteiger partial charge in [0.1, 0.15) is 0 Å². The Hall–Kier alpha value is -1.30. The van der Waals surface area contributed by atoms with E-state index in [1.54, 1.807) is 4.90 Å². The zero-order chi connectivity index (χ0) is 16.4. The van der Waals surface area contributed by atoms with Gasteiger partial charge in [0.15, 0.2) is 0 Å². The van der Waals surface area contributed by atoms with Crippen LogP contribution in [-0.2, 0) is 4.79 Å². The number of carboxylic acids is 1. The van der Waals surface area contributed by atoms with Crippen molar-refractivity contribution in [3.63, 3.8) is 0 Å². The minimum absolute atomic E-state index is 0.0598. The number of carboxylic acid groups (broad SMARTS) is 1. The molecule has 3 atom stereocenters. The smallest absolute Gasteiger partial charge is 0.317 e. The minimum atomic E-state index is -0.892. The van der Waals surface area contributed by atoms with Gasteiger partial charge < -0.3 is 20.2 Å². The monoisotopic (exact) mass is 299 g/mol. The fraction of sp³-hybridized carbons (Fsp3) is 0.867. The number of urea groups is 1. The Kier molecular flexibility index (Phi) is 5.61. The summed E-state index contributed by atoms with van der Waals surface area (Å²) in [5.41, 5.74) is -0.291. The summed E-state index contributed by atoms with van der Waals surface area (Å²) in [5, 5.41) is 11.9. The predicted molar refractivity (Wildman–Crippen MR) is 82.2 cm³/mol. The summed E-state index contributed by atoms with van der Waals surface area (Å²) < 4.78 is 0. The first-order valence-corrected chi connectivity index (χ1v) is 7.46. The Morgan fingerprint density at radius 2 is 1.90 bits per heavy atom. The Labute approximate surface area is 127 Å². The van der Waals surface area contributed by atoms with Gasteiger partial charge in [0, 0.05) is 25.2 Å². The van der Waals surface area contributed by atoms with Crippen LogP contribution < -0.4 is 5.32 Å². The van der Waals surface area contributed by atoms with Crippen LogP contribution in [0.5, 0.6) is 0 Å². The highest BCUT2D eigenvalue weighted by Crippen LogP contribution is 2.24. The Morgan fingerprint density at radius 1 is 1.33 bits per heavy atom. The number of rotatable bonds is 4. The molecule has 1 saturated heterocycles. The first-order chi connectivity index (χ1) is 9.52. The molecule has 0 radical (unpaired) electrons. The van der Waals surface area contributed by atoms with Gasteiger partial charge in [-0.1, -0.05) is 27.7 Å². The van der Waals surface area contributed by atoms with Crippen molar-refractivity contribution in [2.24, 2.45) is 11.3 Å². The molecule has 0 aromatic rings. The van der Waals surface area contributed by atoms with Gasteiger partial charge in [-0.25, -0.2) is 4.79 Å². The van der Waals surface area contributed by atoms with E-state index in [0.717, 1.165) is 0 Å². The van der Waals surface area contributed by atoms with Gasteiger partial charge in [0.05, 0.1) is 6.42 Å². The molecular weight excluding hydrogens is 270 g/mol. The molecule has 21 heavy (non-hydrogen) atoms.